The van der Waals surface area contributed by atoms with E-state index in [2.05, 4.69) is 28.4 Å². The van der Waals surface area contributed by atoms with Crippen LogP contribution in [0.4, 0.5) is 9.52 Å². The van der Waals surface area contributed by atoms with Crippen LogP contribution in [0.15, 0.2) is 81.6 Å². The van der Waals surface area contributed by atoms with Gasteiger partial charge in [-0.15, -0.1) is 10.2 Å². The van der Waals surface area contributed by atoms with Crippen molar-refractivity contribution in [3.8, 4) is 6.07 Å². The van der Waals surface area contributed by atoms with Gasteiger partial charge in [0.25, 0.3) is 0 Å². The summed E-state index contributed by atoms with van der Waals surface area (Å²) in [6, 6.07) is 18.2. The van der Waals surface area contributed by atoms with Gasteiger partial charge in [-0.1, -0.05) is 79.4 Å². The van der Waals surface area contributed by atoms with E-state index in [-0.39, 0.29) is 28.4 Å². The first-order valence-corrected chi connectivity index (χ1v) is 13.3. The van der Waals surface area contributed by atoms with Crippen molar-refractivity contribution in [2.45, 2.75) is 42.7 Å². The number of ketones is 1. The number of nitrogens with two attached hydrogens (primary N) is 1. The highest BCUT2D eigenvalue weighted by molar-refractivity contribution is 8.00. The summed E-state index contributed by atoms with van der Waals surface area (Å²) in [5, 5.41) is 19.4. The van der Waals surface area contributed by atoms with Crippen LogP contribution in [-0.4, -0.2) is 16.0 Å². The Morgan fingerprint density at radius 2 is 1.89 bits per heavy atom. The van der Waals surface area contributed by atoms with E-state index in [0.29, 0.717) is 29.1 Å². The Balaban J connectivity index is 1.58. The molecule has 1 aliphatic heterocycles. The fourth-order valence-electron chi connectivity index (χ4n) is 4.79. The quantitative estimate of drug-likeness (QED) is 0.420. The van der Waals surface area contributed by atoms with Gasteiger partial charge in [-0.05, 0) is 35.1 Å². The number of nitriles is 1. The van der Waals surface area contributed by atoms with E-state index in [1.54, 1.807) is 28.8 Å². The van der Waals surface area contributed by atoms with Crippen molar-refractivity contribution in [3.63, 3.8) is 0 Å². The fourth-order valence-corrected chi connectivity index (χ4v) is 6.62. The molecule has 0 spiro atoms. The minimum atomic E-state index is -0.648. The highest BCUT2D eigenvalue weighted by atomic mass is 32.2. The number of carbonyl (C=O) groups is 1. The molecule has 0 radical (unpaired) electrons. The fraction of sp³-hybridized carbons (Fsp3) is 0.259. The Labute approximate surface area is 217 Å². The zero-order chi connectivity index (χ0) is 25.4. The normalized spacial score (nSPS) is 19.3. The van der Waals surface area contributed by atoms with Crippen LogP contribution in [0.5, 0.6) is 0 Å². The Morgan fingerprint density at radius 3 is 2.58 bits per heavy atom. The number of Topliss-reactive ketones (excluding diaryl/α,β-unsaturated/α-hetero) is 1. The number of thioether (sulfide) groups is 1. The highest BCUT2D eigenvalue weighted by Gasteiger charge is 2.45. The summed E-state index contributed by atoms with van der Waals surface area (Å²) in [7, 11) is 0. The molecule has 0 saturated heterocycles. The molecule has 1 atom stereocenters. The molecule has 0 saturated carbocycles. The first-order valence-electron chi connectivity index (χ1n) is 11.5. The molecular weight excluding hydrogens is 493 g/mol. The van der Waals surface area contributed by atoms with E-state index in [0.717, 1.165) is 15.8 Å². The van der Waals surface area contributed by atoms with E-state index in [9.17, 15) is 14.4 Å². The topological polar surface area (TPSA) is 95.9 Å². The Hall–Kier alpha value is -3.48. The Kier molecular flexibility index (Phi) is 6.41. The number of hydrogen-bond acceptors (Lipinski definition) is 8. The van der Waals surface area contributed by atoms with E-state index in [1.165, 1.54) is 29.0 Å². The van der Waals surface area contributed by atoms with Crippen molar-refractivity contribution in [3.05, 3.63) is 94.2 Å². The highest BCUT2D eigenvalue weighted by Crippen LogP contribution is 2.50. The molecule has 1 aliphatic carbocycles. The lowest BCUT2D eigenvalue weighted by Crippen LogP contribution is -2.42. The first kappa shape index (κ1) is 24.2. The van der Waals surface area contributed by atoms with Gasteiger partial charge in [0.15, 0.2) is 10.1 Å². The number of anilines is 1. The maximum atomic E-state index is 13.7. The average Bonchev–Trinajstić information content (AvgIpc) is 3.31. The number of aromatic nitrogens is 2. The lowest BCUT2D eigenvalue weighted by Gasteiger charge is -2.42. The van der Waals surface area contributed by atoms with Crippen molar-refractivity contribution in [1.29, 1.82) is 5.26 Å². The average molecular weight is 518 g/mol. The zero-order valence-electron chi connectivity index (χ0n) is 19.9. The Bertz CT molecular complexity index is 1420. The number of nitrogens with zero attached hydrogens (tertiary/aromatic N) is 4. The zero-order valence-corrected chi connectivity index (χ0v) is 21.5. The van der Waals surface area contributed by atoms with Gasteiger partial charge in [-0.3, -0.25) is 9.69 Å². The van der Waals surface area contributed by atoms with E-state index in [4.69, 9.17) is 5.73 Å². The molecule has 2 aromatic carbocycles. The third-order valence-electron chi connectivity index (χ3n) is 6.38. The molecule has 0 amide bonds. The first-order chi connectivity index (χ1) is 17.3. The molecule has 182 valence electrons. The maximum absolute atomic E-state index is 13.7. The van der Waals surface area contributed by atoms with Crippen LogP contribution in [0.1, 0.15) is 43.7 Å². The molecule has 5 rings (SSSR count). The summed E-state index contributed by atoms with van der Waals surface area (Å²) in [6.07, 6.45) is 0.932. The van der Waals surface area contributed by atoms with Gasteiger partial charge < -0.3 is 5.73 Å². The summed E-state index contributed by atoms with van der Waals surface area (Å²) in [5.41, 5.74) is 9.69. The number of benzene rings is 2. The third-order valence-corrected chi connectivity index (χ3v) is 8.49. The van der Waals surface area contributed by atoms with Gasteiger partial charge in [-0.2, -0.15) is 5.26 Å². The molecule has 1 aromatic heterocycles. The number of rotatable bonds is 5. The minimum Gasteiger partial charge on any atom is -0.384 e. The van der Waals surface area contributed by atoms with Gasteiger partial charge >= 0.3 is 0 Å². The molecule has 36 heavy (non-hydrogen) atoms. The van der Waals surface area contributed by atoms with Gasteiger partial charge in [0.05, 0.1) is 17.6 Å². The molecule has 0 bridgehead atoms. The van der Waals surface area contributed by atoms with Crippen molar-refractivity contribution >= 4 is 34.0 Å². The summed E-state index contributed by atoms with van der Waals surface area (Å²) in [6.45, 7) is 4.08. The molecule has 2 aliphatic rings. The van der Waals surface area contributed by atoms with Crippen LogP contribution in [0.2, 0.25) is 0 Å². The molecule has 6 nitrogen and oxygen atoms in total. The van der Waals surface area contributed by atoms with Gasteiger partial charge in [0, 0.05) is 23.4 Å². The Morgan fingerprint density at radius 1 is 1.17 bits per heavy atom. The van der Waals surface area contributed by atoms with Gasteiger partial charge in [0.1, 0.15) is 11.6 Å². The molecule has 9 heteroatoms. The van der Waals surface area contributed by atoms with Crippen molar-refractivity contribution in [2.75, 3.05) is 4.90 Å². The number of halogens is 1. The summed E-state index contributed by atoms with van der Waals surface area (Å²) in [5.74, 6) is -0.0939. The largest absolute Gasteiger partial charge is 0.384 e. The molecule has 1 unspecified atom stereocenters. The summed E-state index contributed by atoms with van der Waals surface area (Å²) in [4.78, 5) is 15.3. The second-order valence-corrected chi connectivity index (χ2v) is 11.8. The molecule has 3 aromatic rings. The second kappa shape index (κ2) is 9.52. The van der Waals surface area contributed by atoms with Crippen molar-refractivity contribution in [2.24, 2.45) is 11.1 Å². The third kappa shape index (κ3) is 4.54. The molecular formula is C27H24FN5OS2. The minimum absolute atomic E-state index is 0.0379. The van der Waals surface area contributed by atoms with Crippen LogP contribution in [0.3, 0.4) is 0 Å². The van der Waals surface area contributed by atoms with E-state index in [1.807, 2.05) is 32.0 Å². The standard InChI is InChI=1S/C27H24FN5OS2/c1-27(2)12-20-23(21(34)13-27)22(17-8-10-18(28)11-9-17)19(14-29)24(30)33(20)25-31-32-26(36-25)35-15-16-6-4-3-5-7-16/h3-11,22H,12-13,15,30H2,1-2H3. The number of hydrogen-bond donors (Lipinski definition) is 1. The van der Waals surface area contributed by atoms with Crippen molar-refractivity contribution in [1.82, 2.24) is 10.2 Å². The second-order valence-electron chi connectivity index (χ2n) is 9.66. The van der Waals surface area contributed by atoms with Crippen LogP contribution >= 0.6 is 23.1 Å². The van der Waals surface area contributed by atoms with Crippen LogP contribution in [-0.2, 0) is 10.5 Å². The summed E-state index contributed by atoms with van der Waals surface area (Å²) >= 11 is 2.95. The molecule has 2 heterocycles. The summed E-state index contributed by atoms with van der Waals surface area (Å²) < 4.78 is 14.4. The monoisotopic (exact) mass is 517 g/mol. The van der Waals surface area contributed by atoms with Crippen molar-refractivity contribution < 1.29 is 9.18 Å². The lowest BCUT2D eigenvalue weighted by atomic mass is 9.69. The van der Waals surface area contributed by atoms with E-state index < -0.39 is 5.92 Å². The lowest BCUT2D eigenvalue weighted by molar-refractivity contribution is -0.118. The SMILES string of the molecule is CC1(C)CC(=O)C2=C(C1)N(c1nnc(SCc3ccccc3)s1)C(N)=C(C#N)C2c1ccc(F)cc1. The van der Waals surface area contributed by atoms with Crippen LogP contribution in [0, 0.1) is 22.6 Å². The molecule has 2 N–H and O–H groups in total. The predicted molar refractivity (Wildman–Crippen MR) is 139 cm³/mol. The van der Waals surface area contributed by atoms with Crippen LogP contribution < -0.4 is 10.6 Å². The number of carbonyl (C=O) groups excluding carboxylic acids is 1. The van der Waals surface area contributed by atoms with Gasteiger partial charge in [-0.25, -0.2) is 4.39 Å². The van der Waals surface area contributed by atoms with Crippen LogP contribution in [0.25, 0.3) is 0 Å². The van der Waals surface area contributed by atoms with Gasteiger partial charge in [0.2, 0.25) is 5.13 Å². The smallest absolute Gasteiger partial charge is 0.219 e. The number of allylic oxidation sites excluding steroid dienone is 3. The van der Waals surface area contributed by atoms with E-state index >= 15 is 0 Å². The maximum Gasteiger partial charge on any atom is 0.219 e. The predicted octanol–water partition coefficient (Wildman–Crippen LogP) is 5.91. The molecule has 0 fully saturated rings.